The summed E-state index contributed by atoms with van der Waals surface area (Å²) in [4.78, 5) is 15.6. The van der Waals surface area contributed by atoms with Crippen molar-refractivity contribution in [1.82, 2.24) is 14.6 Å². The normalized spacial score (nSPS) is 18.0. The molecule has 0 spiro atoms. The van der Waals surface area contributed by atoms with Gasteiger partial charge in [-0.3, -0.25) is 4.79 Å². The maximum absolute atomic E-state index is 12.8. The fraction of sp³-hybridized carbons (Fsp3) is 0.450. The maximum Gasteiger partial charge on any atom is 0.268 e. The molecule has 3 heterocycles. The molecule has 2 aliphatic heterocycles. The van der Waals surface area contributed by atoms with Gasteiger partial charge in [-0.05, 0) is 30.2 Å². The number of morpholine rings is 1. The lowest BCUT2D eigenvalue weighted by atomic mass is 10.0. The number of hydrogen-bond donors (Lipinski definition) is 2. The number of aromatic amines is 1. The van der Waals surface area contributed by atoms with Gasteiger partial charge in [0.25, 0.3) is 5.91 Å². The van der Waals surface area contributed by atoms with Crippen molar-refractivity contribution in [3.05, 3.63) is 41.7 Å². The van der Waals surface area contributed by atoms with Gasteiger partial charge in [-0.1, -0.05) is 13.0 Å². The minimum Gasteiger partial charge on any atom is -0.486 e. The summed E-state index contributed by atoms with van der Waals surface area (Å²) < 4.78 is 43.2. The number of rotatable bonds is 6. The molecule has 2 aliphatic rings. The topological polar surface area (TPSA) is 110 Å². The van der Waals surface area contributed by atoms with Gasteiger partial charge in [0.1, 0.15) is 23.8 Å². The van der Waals surface area contributed by atoms with Crippen molar-refractivity contribution in [2.45, 2.75) is 24.3 Å². The second-order valence-electron chi connectivity index (χ2n) is 7.10. The molecule has 1 aromatic heterocycles. The van der Waals surface area contributed by atoms with E-state index in [4.69, 9.17) is 14.2 Å². The molecule has 0 aliphatic carbocycles. The van der Waals surface area contributed by atoms with Crippen LogP contribution in [-0.2, 0) is 14.8 Å². The predicted molar refractivity (Wildman–Crippen MR) is 108 cm³/mol. The molecule has 1 aromatic carbocycles. The Hall–Kier alpha value is -2.56. The van der Waals surface area contributed by atoms with Crippen molar-refractivity contribution < 1.29 is 27.4 Å². The summed E-state index contributed by atoms with van der Waals surface area (Å²) in [6.45, 7) is 4.31. The van der Waals surface area contributed by atoms with Crippen molar-refractivity contribution in [3.8, 4) is 11.5 Å². The van der Waals surface area contributed by atoms with Gasteiger partial charge >= 0.3 is 0 Å². The van der Waals surface area contributed by atoms with E-state index >= 15 is 0 Å². The van der Waals surface area contributed by atoms with Crippen LogP contribution in [-0.4, -0.2) is 63.1 Å². The molecule has 1 amide bonds. The number of ether oxygens (including phenoxy) is 3. The lowest BCUT2D eigenvalue weighted by molar-refractivity contribution is 0.0730. The van der Waals surface area contributed by atoms with Gasteiger partial charge in [-0.15, -0.1) is 0 Å². The molecular formula is C20H25N3O6S. The van der Waals surface area contributed by atoms with Gasteiger partial charge in [0.05, 0.1) is 19.3 Å². The minimum atomic E-state index is -3.66. The molecule has 1 atom stereocenters. The third-order valence-corrected chi connectivity index (χ3v) is 7.07. The molecule has 10 heteroatoms. The monoisotopic (exact) mass is 435 g/mol. The Morgan fingerprint density at radius 3 is 2.60 bits per heavy atom. The van der Waals surface area contributed by atoms with Crippen LogP contribution in [0.15, 0.2) is 35.4 Å². The van der Waals surface area contributed by atoms with Crippen LogP contribution in [0.4, 0.5) is 0 Å². The second-order valence-corrected chi connectivity index (χ2v) is 9.04. The molecule has 4 rings (SSSR count). The molecule has 0 bridgehead atoms. The summed E-state index contributed by atoms with van der Waals surface area (Å²) in [7, 11) is -3.66. The van der Waals surface area contributed by atoms with Gasteiger partial charge in [-0.25, -0.2) is 8.42 Å². The first-order valence-electron chi connectivity index (χ1n) is 9.95. The van der Waals surface area contributed by atoms with Gasteiger partial charge in [0.2, 0.25) is 10.0 Å². The van der Waals surface area contributed by atoms with Gasteiger partial charge in [0, 0.05) is 19.3 Å². The van der Waals surface area contributed by atoms with Crippen molar-refractivity contribution in [1.29, 1.82) is 0 Å². The van der Waals surface area contributed by atoms with Crippen molar-refractivity contribution >= 4 is 15.9 Å². The van der Waals surface area contributed by atoms with Crippen LogP contribution < -0.4 is 14.8 Å². The Labute approximate surface area is 175 Å². The first kappa shape index (κ1) is 20.7. The van der Waals surface area contributed by atoms with E-state index in [-0.39, 0.29) is 22.5 Å². The van der Waals surface area contributed by atoms with E-state index in [0.717, 1.165) is 5.56 Å². The number of carbonyl (C=O) groups is 1. The zero-order chi connectivity index (χ0) is 21.1. The van der Waals surface area contributed by atoms with Crippen molar-refractivity contribution in [3.63, 3.8) is 0 Å². The molecule has 30 heavy (non-hydrogen) atoms. The van der Waals surface area contributed by atoms with Crippen LogP contribution in [0.25, 0.3) is 0 Å². The Balaban J connectivity index is 1.48. The zero-order valence-electron chi connectivity index (χ0n) is 16.7. The maximum atomic E-state index is 12.8. The number of H-pyrrole nitrogens is 1. The van der Waals surface area contributed by atoms with E-state index < -0.39 is 10.0 Å². The SMILES string of the molecule is CCC(NC(=O)c1cc(S(=O)(=O)N2CCOCC2)c[nH]1)c1ccc2c(c1)OCCO2. The first-order chi connectivity index (χ1) is 14.5. The van der Waals surface area contributed by atoms with E-state index in [1.165, 1.54) is 16.6 Å². The molecule has 2 aromatic rings. The van der Waals surface area contributed by atoms with Crippen molar-refractivity contribution in [2.24, 2.45) is 0 Å². The Bertz CT molecular complexity index is 1010. The molecule has 1 saturated heterocycles. The molecule has 0 radical (unpaired) electrons. The van der Waals surface area contributed by atoms with Crippen LogP contribution in [0.1, 0.15) is 35.4 Å². The number of hydrogen-bond acceptors (Lipinski definition) is 6. The summed E-state index contributed by atoms with van der Waals surface area (Å²) in [5.41, 5.74) is 1.08. The third kappa shape index (κ3) is 4.16. The average molecular weight is 436 g/mol. The highest BCUT2D eigenvalue weighted by molar-refractivity contribution is 7.89. The summed E-state index contributed by atoms with van der Waals surface area (Å²) >= 11 is 0. The van der Waals surface area contributed by atoms with Crippen LogP contribution in [0.5, 0.6) is 11.5 Å². The van der Waals surface area contributed by atoms with Crippen LogP contribution >= 0.6 is 0 Å². The van der Waals surface area contributed by atoms with Gasteiger partial charge in [-0.2, -0.15) is 4.31 Å². The molecule has 1 fully saturated rings. The molecule has 162 valence electrons. The number of amides is 1. The predicted octanol–water partition coefficient (Wildman–Crippen LogP) is 1.69. The van der Waals surface area contributed by atoms with Gasteiger partial charge in [0.15, 0.2) is 11.5 Å². The van der Waals surface area contributed by atoms with Gasteiger partial charge < -0.3 is 24.5 Å². The number of fused-ring (bicyclic) bond motifs is 1. The number of nitrogens with one attached hydrogen (secondary N) is 2. The largest absolute Gasteiger partial charge is 0.486 e. The zero-order valence-corrected chi connectivity index (χ0v) is 17.5. The minimum absolute atomic E-state index is 0.0712. The van der Waals surface area contributed by atoms with E-state index in [1.54, 1.807) is 0 Å². The van der Waals surface area contributed by atoms with Crippen molar-refractivity contribution in [2.75, 3.05) is 39.5 Å². The Morgan fingerprint density at radius 1 is 1.13 bits per heavy atom. The fourth-order valence-corrected chi connectivity index (χ4v) is 4.93. The van der Waals surface area contributed by atoms with E-state index in [1.807, 2.05) is 25.1 Å². The van der Waals surface area contributed by atoms with Crippen LogP contribution in [0.3, 0.4) is 0 Å². The summed E-state index contributed by atoms with van der Waals surface area (Å²) in [5.74, 6) is 0.971. The highest BCUT2D eigenvalue weighted by Crippen LogP contribution is 2.33. The third-order valence-electron chi connectivity index (χ3n) is 5.19. The molecule has 9 nitrogen and oxygen atoms in total. The van der Waals surface area contributed by atoms with E-state index in [0.29, 0.717) is 57.4 Å². The number of carbonyl (C=O) groups excluding carboxylic acids is 1. The summed E-state index contributed by atoms with van der Waals surface area (Å²) in [6, 6.07) is 6.71. The molecular weight excluding hydrogens is 410 g/mol. The lowest BCUT2D eigenvalue weighted by Gasteiger charge is -2.25. The summed E-state index contributed by atoms with van der Waals surface area (Å²) in [6.07, 6.45) is 2.01. The standard InChI is InChI=1S/C20H25N3O6S/c1-2-16(14-3-4-18-19(11-14)29-10-9-28-18)22-20(24)17-12-15(13-21-17)30(25,26)23-5-7-27-8-6-23/h3-4,11-13,16,21H,2,5-10H2,1H3,(H,22,24). The fourth-order valence-electron chi connectivity index (χ4n) is 3.52. The highest BCUT2D eigenvalue weighted by Gasteiger charge is 2.28. The first-order valence-corrected chi connectivity index (χ1v) is 11.4. The summed E-state index contributed by atoms with van der Waals surface area (Å²) in [5, 5.41) is 2.96. The lowest BCUT2D eigenvalue weighted by Crippen LogP contribution is -2.40. The van der Waals surface area contributed by atoms with E-state index in [2.05, 4.69) is 10.3 Å². The molecule has 2 N–H and O–H groups in total. The number of sulfonamides is 1. The molecule has 1 unspecified atom stereocenters. The number of aromatic nitrogens is 1. The Kier molecular flexibility index (Phi) is 5.98. The second kappa shape index (κ2) is 8.66. The quantitative estimate of drug-likeness (QED) is 0.715. The number of benzene rings is 1. The highest BCUT2D eigenvalue weighted by atomic mass is 32.2. The smallest absolute Gasteiger partial charge is 0.268 e. The number of nitrogens with zero attached hydrogens (tertiary/aromatic N) is 1. The average Bonchev–Trinajstić information content (AvgIpc) is 3.29. The van der Waals surface area contributed by atoms with E-state index in [9.17, 15) is 13.2 Å². The molecule has 0 saturated carbocycles. The van der Waals surface area contributed by atoms with Crippen LogP contribution in [0, 0.1) is 0 Å². The Morgan fingerprint density at radius 2 is 1.87 bits per heavy atom. The van der Waals surface area contributed by atoms with Crippen LogP contribution in [0.2, 0.25) is 0 Å².